The molecule has 0 aromatic heterocycles. The molecule has 0 heterocycles. The summed E-state index contributed by atoms with van der Waals surface area (Å²) in [6.07, 6.45) is 0. The zero-order valence-corrected chi connectivity index (χ0v) is 12.7. The van der Waals surface area contributed by atoms with Crippen LogP contribution in [0.25, 0.3) is 0 Å². The van der Waals surface area contributed by atoms with Crippen molar-refractivity contribution < 1.29 is 9.76 Å². The fourth-order valence-corrected chi connectivity index (χ4v) is 1.38. The summed E-state index contributed by atoms with van der Waals surface area (Å²) in [5.74, 6) is 0. The summed E-state index contributed by atoms with van der Waals surface area (Å²) in [7, 11) is 1.77. The zero-order chi connectivity index (χ0) is 14.0. The lowest BCUT2D eigenvalue weighted by Gasteiger charge is -2.38. The smallest absolute Gasteiger partial charge is 0.331 e. The molecule has 0 aliphatic carbocycles. The maximum atomic E-state index is 9.07. The third kappa shape index (κ3) is 3.77. The van der Waals surface area contributed by atoms with Gasteiger partial charge in [-0.1, -0.05) is 29.2 Å². The zero-order valence-electron chi connectivity index (χ0n) is 11.8. The second kappa shape index (κ2) is 5.68. The van der Waals surface area contributed by atoms with Gasteiger partial charge in [0, 0.05) is 4.75 Å². The van der Waals surface area contributed by atoms with Crippen molar-refractivity contribution in [3.8, 4) is 0 Å². The Balaban J connectivity index is 2.75. The van der Waals surface area contributed by atoms with Gasteiger partial charge in [0.1, 0.15) is 0 Å². The van der Waals surface area contributed by atoms with E-state index in [4.69, 9.17) is 9.76 Å². The van der Waals surface area contributed by atoms with Crippen LogP contribution in [0.15, 0.2) is 18.2 Å². The van der Waals surface area contributed by atoms with E-state index in [0.29, 0.717) is 0 Å². The van der Waals surface area contributed by atoms with Crippen LogP contribution in [0.2, 0.25) is 0 Å². The average Bonchev–Trinajstić information content (AvgIpc) is 2.25. The molecule has 1 aromatic rings. The molecule has 1 rings (SSSR count). The predicted molar refractivity (Wildman–Crippen MR) is 80.7 cm³/mol. The molecule has 2 nitrogen and oxygen atoms in total. The highest BCUT2D eigenvalue weighted by Gasteiger charge is 2.34. The van der Waals surface area contributed by atoms with Gasteiger partial charge in [0.05, 0.1) is 12.2 Å². The fourth-order valence-electron chi connectivity index (χ4n) is 1.32. The Kier molecular flexibility index (Phi) is 4.93. The van der Waals surface area contributed by atoms with E-state index in [-0.39, 0.29) is 17.0 Å². The molecule has 1 radical (unpaired) electrons. The first-order chi connectivity index (χ1) is 8.17. The maximum absolute atomic E-state index is 9.07. The van der Waals surface area contributed by atoms with Gasteiger partial charge < -0.3 is 9.76 Å². The highest BCUT2D eigenvalue weighted by atomic mass is 32.1. The number of rotatable bonds is 5. The van der Waals surface area contributed by atoms with E-state index in [2.05, 4.69) is 12.6 Å². The largest absolute Gasteiger partial charge is 0.428 e. The number of aryl methyl sites for hydroxylation is 1. The SMILES string of the molecule is Cc1cc(CO)ccc1[B]OC(C)(C)C(C)(C)S. The summed E-state index contributed by atoms with van der Waals surface area (Å²) in [5, 5.41) is 9.07. The standard InChI is InChI=1S/C14H22BO2S/c1-10-8-11(9-16)6-7-12(10)15-17-13(2,3)14(4,5)18/h6-8,16,18H,9H2,1-5H3. The molecule has 0 atom stereocenters. The lowest BCUT2D eigenvalue weighted by Crippen LogP contribution is -2.46. The molecule has 0 aliphatic rings. The maximum Gasteiger partial charge on any atom is 0.331 e. The summed E-state index contributed by atoms with van der Waals surface area (Å²) < 4.78 is 5.64. The third-order valence-corrected chi connectivity index (χ3v) is 4.01. The van der Waals surface area contributed by atoms with E-state index in [1.165, 1.54) is 0 Å². The van der Waals surface area contributed by atoms with Crippen molar-refractivity contribution in [3.63, 3.8) is 0 Å². The summed E-state index contributed by atoms with van der Waals surface area (Å²) in [5.41, 5.74) is 2.67. The number of aliphatic hydroxyl groups is 1. The van der Waals surface area contributed by atoms with Crippen molar-refractivity contribution >= 4 is 25.6 Å². The van der Waals surface area contributed by atoms with Crippen molar-refractivity contribution in [1.29, 1.82) is 0 Å². The van der Waals surface area contributed by atoms with Gasteiger partial charge in [-0.15, -0.1) is 0 Å². The lowest BCUT2D eigenvalue weighted by molar-refractivity contribution is 0.0854. The second-order valence-corrected chi connectivity index (χ2v) is 6.77. The second-order valence-electron chi connectivity index (χ2n) is 5.65. The molecule has 0 aliphatic heterocycles. The van der Waals surface area contributed by atoms with Gasteiger partial charge in [0.2, 0.25) is 0 Å². The normalized spacial score (nSPS) is 12.6. The van der Waals surface area contributed by atoms with Gasteiger partial charge in [0.15, 0.2) is 0 Å². The number of hydrogen-bond acceptors (Lipinski definition) is 3. The van der Waals surface area contributed by atoms with Crippen LogP contribution in [0.5, 0.6) is 0 Å². The fraction of sp³-hybridized carbons (Fsp3) is 0.571. The summed E-state index contributed by atoms with van der Waals surface area (Å²) in [6, 6.07) is 5.83. The van der Waals surface area contributed by atoms with Gasteiger partial charge in [-0.3, -0.25) is 0 Å². The van der Waals surface area contributed by atoms with Gasteiger partial charge >= 0.3 is 7.48 Å². The molecular formula is C14H22BO2S. The molecule has 1 N–H and O–H groups in total. The molecule has 0 unspecified atom stereocenters. The van der Waals surface area contributed by atoms with Crippen LogP contribution < -0.4 is 5.46 Å². The van der Waals surface area contributed by atoms with Crippen LogP contribution in [0, 0.1) is 6.92 Å². The van der Waals surface area contributed by atoms with E-state index in [0.717, 1.165) is 16.6 Å². The third-order valence-electron chi connectivity index (χ3n) is 3.47. The van der Waals surface area contributed by atoms with Gasteiger partial charge in [-0.2, -0.15) is 12.6 Å². The minimum atomic E-state index is -0.363. The highest BCUT2D eigenvalue weighted by Crippen LogP contribution is 2.30. The van der Waals surface area contributed by atoms with E-state index in [1.54, 1.807) is 7.48 Å². The van der Waals surface area contributed by atoms with Crippen LogP contribution >= 0.6 is 12.6 Å². The minimum Gasteiger partial charge on any atom is -0.428 e. The molecule has 0 spiro atoms. The first kappa shape index (κ1) is 15.6. The Hall–Kier alpha value is -0.445. The van der Waals surface area contributed by atoms with Crippen LogP contribution in [0.3, 0.4) is 0 Å². The number of thiol groups is 1. The molecule has 99 valence electrons. The number of hydrogen-bond donors (Lipinski definition) is 2. The molecule has 0 saturated heterocycles. The van der Waals surface area contributed by atoms with Crippen LogP contribution in [-0.2, 0) is 11.3 Å². The lowest BCUT2D eigenvalue weighted by atomic mass is 9.81. The van der Waals surface area contributed by atoms with Crippen LogP contribution in [0.4, 0.5) is 0 Å². The Bertz CT molecular complexity index is 411. The first-order valence-corrected chi connectivity index (χ1v) is 6.56. The summed E-state index contributed by atoms with van der Waals surface area (Å²) in [6.45, 7) is 10.2. The molecular weight excluding hydrogens is 243 g/mol. The summed E-state index contributed by atoms with van der Waals surface area (Å²) >= 11 is 4.56. The molecule has 4 heteroatoms. The molecule has 0 amide bonds. The molecule has 1 aromatic carbocycles. The Morgan fingerprint density at radius 2 is 1.89 bits per heavy atom. The molecule has 0 bridgehead atoms. The van der Waals surface area contributed by atoms with E-state index in [9.17, 15) is 0 Å². The van der Waals surface area contributed by atoms with Crippen molar-refractivity contribution in [3.05, 3.63) is 29.3 Å². The topological polar surface area (TPSA) is 29.5 Å². The number of aliphatic hydroxyl groups excluding tert-OH is 1. The van der Waals surface area contributed by atoms with E-state index in [1.807, 2.05) is 52.8 Å². The first-order valence-electron chi connectivity index (χ1n) is 6.11. The Morgan fingerprint density at radius 1 is 1.28 bits per heavy atom. The molecule has 0 fully saturated rings. The predicted octanol–water partition coefficient (Wildman–Crippen LogP) is 2.24. The quantitative estimate of drug-likeness (QED) is 0.631. The Morgan fingerprint density at radius 3 is 2.33 bits per heavy atom. The minimum absolute atomic E-state index is 0.0666. The van der Waals surface area contributed by atoms with Gasteiger partial charge in [-0.25, -0.2) is 0 Å². The van der Waals surface area contributed by atoms with E-state index >= 15 is 0 Å². The van der Waals surface area contributed by atoms with Gasteiger partial charge in [0.25, 0.3) is 0 Å². The molecule has 18 heavy (non-hydrogen) atoms. The Labute approximate surface area is 116 Å². The van der Waals surface area contributed by atoms with Crippen molar-refractivity contribution in [1.82, 2.24) is 0 Å². The van der Waals surface area contributed by atoms with Crippen LogP contribution in [-0.4, -0.2) is 22.9 Å². The number of benzene rings is 1. The van der Waals surface area contributed by atoms with Crippen LogP contribution in [0.1, 0.15) is 38.8 Å². The van der Waals surface area contributed by atoms with Crippen molar-refractivity contribution in [2.45, 2.75) is 51.6 Å². The summed E-state index contributed by atoms with van der Waals surface area (Å²) in [4.78, 5) is 0. The van der Waals surface area contributed by atoms with Gasteiger partial charge in [-0.05, 0) is 40.2 Å². The highest BCUT2D eigenvalue weighted by molar-refractivity contribution is 7.81. The average molecular weight is 265 g/mol. The van der Waals surface area contributed by atoms with Crippen molar-refractivity contribution in [2.75, 3.05) is 0 Å². The molecule has 0 saturated carbocycles. The monoisotopic (exact) mass is 265 g/mol. The van der Waals surface area contributed by atoms with E-state index < -0.39 is 0 Å². The van der Waals surface area contributed by atoms with Crippen molar-refractivity contribution in [2.24, 2.45) is 0 Å².